The van der Waals surface area contributed by atoms with E-state index in [4.69, 9.17) is 14.2 Å². The number of hydrogen-bond donors (Lipinski definition) is 0. The quantitative estimate of drug-likeness (QED) is 0.0372. The third-order valence-electron chi connectivity index (χ3n) is 9.22. The second-order valence-electron chi connectivity index (χ2n) is 15.2. The Kier molecular flexibility index (Phi) is 34.1. The van der Waals surface area contributed by atoms with Crippen LogP contribution in [-0.4, -0.2) is 37.2 Å². The Hall–Kier alpha value is -1.59. The van der Waals surface area contributed by atoms with Gasteiger partial charge in [0, 0.05) is 19.3 Å². The van der Waals surface area contributed by atoms with Gasteiger partial charge in [-0.05, 0) is 31.1 Å². The third-order valence-corrected chi connectivity index (χ3v) is 9.22. The monoisotopic (exact) mass is 681 g/mol. The second-order valence-corrected chi connectivity index (χ2v) is 15.2. The van der Waals surface area contributed by atoms with E-state index in [1.54, 1.807) is 0 Å². The van der Waals surface area contributed by atoms with Gasteiger partial charge in [0.1, 0.15) is 13.2 Å². The van der Waals surface area contributed by atoms with Gasteiger partial charge in [0.2, 0.25) is 0 Å². The first-order chi connectivity index (χ1) is 23.2. The summed E-state index contributed by atoms with van der Waals surface area (Å²) in [5, 5.41) is 0. The Morgan fingerprint density at radius 1 is 0.396 bits per heavy atom. The number of carbonyl (C=O) groups is 3. The van der Waals surface area contributed by atoms with Crippen molar-refractivity contribution in [1.82, 2.24) is 0 Å². The second kappa shape index (κ2) is 35.2. The Balaban J connectivity index is 4.17. The Bertz CT molecular complexity index is 734. The third kappa shape index (κ3) is 35.7. The fourth-order valence-corrected chi connectivity index (χ4v) is 6.05. The number of esters is 3. The maximum Gasteiger partial charge on any atom is 0.306 e. The van der Waals surface area contributed by atoms with Crippen LogP contribution in [0.3, 0.4) is 0 Å². The van der Waals surface area contributed by atoms with Gasteiger partial charge in [-0.15, -0.1) is 0 Å². The van der Waals surface area contributed by atoms with Crippen LogP contribution >= 0.6 is 0 Å². The summed E-state index contributed by atoms with van der Waals surface area (Å²) < 4.78 is 16.5. The fraction of sp³-hybridized carbons (Fsp3) is 0.929. The van der Waals surface area contributed by atoms with Gasteiger partial charge >= 0.3 is 17.9 Å². The van der Waals surface area contributed by atoms with Gasteiger partial charge in [0.15, 0.2) is 6.10 Å². The zero-order chi connectivity index (χ0) is 35.5. The predicted octanol–water partition coefficient (Wildman–Crippen LogP) is 12.6. The summed E-state index contributed by atoms with van der Waals surface area (Å²) in [7, 11) is 0. The van der Waals surface area contributed by atoms with Gasteiger partial charge in [-0.2, -0.15) is 0 Å². The van der Waals surface area contributed by atoms with Crippen LogP contribution in [0.1, 0.15) is 221 Å². The van der Waals surface area contributed by atoms with Gasteiger partial charge in [0.25, 0.3) is 0 Å². The minimum Gasteiger partial charge on any atom is -0.462 e. The lowest BCUT2D eigenvalue weighted by Crippen LogP contribution is -2.30. The standard InChI is InChI=1S/C42H80O6/c1-6-7-8-20-29-34-42(45)48-39(36-47-41(44)33-28-24-19-15-17-22-26-31-38(4)5)35-46-40(43)32-27-23-18-14-12-10-9-11-13-16-21-25-30-37(2)3/h37-39H,6-36H2,1-5H3/t39-/m1/s1. The molecule has 0 unspecified atom stereocenters. The van der Waals surface area contributed by atoms with Gasteiger partial charge in [-0.1, -0.05) is 182 Å². The van der Waals surface area contributed by atoms with Crippen molar-refractivity contribution < 1.29 is 28.6 Å². The molecule has 0 radical (unpaired) electrons. The Morgan fingerprint density at radius 3 is 1.02 bits per heavy atom. The predicted molar refractivity (Wildman–Crippen MR) is 201 cm³/mol. The Morgan fingerprint density at radius 2 is 0.688 bits per heavy atom. The molecule has 1 atom stereocenters. The molecule has 0 aromatic rings. The molecule has 48 heavy (non-hydrogen) atoms. The van der Waals surface area contributed by atoms with Gasteiger partial charge in [-0.3, -0.25) is 14.4 Å². The summed E-state index contributed by atoms with van der Waals surface area (Å²) in [6.07, 6.45) is 31.3. The van der Waals surface area contributed by atoms with Crippen molar-refractivity contribution in [3.05, 3.63) is 0 Å². The molecule has 0 fully saturated rings. The van der Waals surface area contributed by atoms with Gasteiger partial charge in [-0.25, -0.2) is 0 Å². The summed E-state index contributed by atoms with van der Waals surface area (Å²) >= 11 is 0. The summed E-state index contributed by atoms with van der Waals surface area (Å²) in [6.45, 7) is 11.2. The lowest BCUT2D eigenvalue weighted by molar-refractivity contribution is -0.167. The Labute approximate surface area is 298 Å². The van der Waals surface area contributed by atoms with Crippen molar-refractivity contribution in [2.24, 2.45) is 11.8 Å². The minimum absolute atomic E-state index is 0.0672. The van der Waals surface area contributed by atoms with E-state index in [-0.39, 0.29) is 31.1 Å². The van der Waals surface area contributed by atoms with E-state index in [0.29, 0.717) is 19.3 Å². The van der Waals surface area contributed by atoms with E-state index < -0.39 is 6.10 Å². The number of unbranched alkanes of at least 4 members (excludes halogenated alkanes) is 21. The van der Waals surface area contributed by atoms with Crippen molar-refractivity contribution in [2.75, 3.05) is 13.2 Å². The van der Waals surface area contributed by atoms with E-state index in [0.717, 1.165) is 76.0 Å². The highest BCUT2D eigenvalue weighted by Crippen LogP contribution is 2.16. The topological polar surface area (TPSA) is 78.9 Å². The van der Waals surface area contributed by atoms with Crippen LogP contribution in [0.2, 0.25) is 0 Å². The molecular weight excluding hydrogens is 600 g/mol. The average Bonchev–Trinajstić information content (AvgIpc) is 3.04. The lowest BCUT2D eigenvalue weighted by Gasteiger charge is -2.18. The number of ether oxygens (including phenoxy) is 3. The molecule has 0 rings (SSSR count). The maximum atomic E-state index is 12.5. The molecule has 0 saturated carbocycles. The number of carbonyl (C=O) groups excluding carboxylic acids is 3. The molecule has 0 bridgehead atoms. The van der Waals surface area contributed by atoms with Crippen molar-refractivity contribution in [1.29, 1.82) is 0 Å². The van der Waals surface area contributed by atoms with Crippen molar-refractivity contribution in [3.63, 3.8) is 0 Å². The number of rotatable bonds is 36. The van der Waals surface area contributed by atoms with Crippen LogP contribution < -0.4 is 0 Å². The first kappa shape index (κ1) is 46.4. The molecule has 0 aromatic carbocycles. The zero-order valence-corrected chi connectivity index (χ0v) is 32.6. The zero-order valence-electron chi connectivity index (χ0n) is 32.6. The number of hydrogen-bond acceptors (Lipinski definition) is 6. The van der Waals surface area contributed by atoms with Crippen molar-refractivity contribution in [3.8, 4) is 0 Å². The van der Waals surface area contributed by atoms with Crippen LogP contribution in [0.15, 0.2) is 0 Å². The molecule has 0 saturated heterocycles. The highest BCUT2D eigenvalue weighted by Gasteiger charge is 2.19. The van der Waals surface area contributed by atoms with E-state index in [9.17, 15) is 14.4 Å². The highest BCUT2D eigenvalue weighted by atomic mass is 16.6. The minimum atomic E-state index is -0.757. The lowest BCUT2D eigenvalue weighted by atomic mass is 10.0. The summed E-state index contributed by atoms with van der Waals surface area (Å²) in [6, 6.07) is 0. The fourth-order valence-electron chi connectivity index (χ4n) is 6.05. The van der Waals surface area contributed by atoms with Crippen LogP contribution in [0.25, 0.3) is 0 Å². The molecule has 0 spiro atoms. The van der Waals surface area contributed by atoms with Crippen LogP contribution in [0, 0.1) is 11.8 Å². The first-order valence-electron chi connectivity index (χ1n) is 20.7. The van der Waals surface area contributed by atoms with Crippen molar-refractivity contribution in [2.45, 2.75) is 227 Å². The normalized spacial score (nSPS) is 12.1. The summed E-state index contributed by atoms with van der Waals surface area (Å²) in [5.74, 6) is 0.736. The van der Waals surface area contributed by atoms with E-state index in [1.165, 1.54) is 103 Å². The van der Waals surface area contributed by atoms with Crippen molar-refractivity contribution >= 4 is 17.9 Å². The molecule has 0 N–H and O–H groups in total. The molecule has 6 nitrogen and oxygen atoms in total. The molecular formula is C42H80O6. The van der Waals surface area contributed by atoms with Crippen LogP contribution in [0.5, 0.6) is 0 Å². The SMILES string of the molecule is CCCCCCCC(=O)O[C@H](COC(=O)CCCCCCCCCCCCCCC(C)C)COC(=O)CCCCCCCCCC(C)C. The molecule has 0 aliphatic heterocycles. The maximum absolute atomic E-state index is 12.5. The smallest absolute Gasteiger partial charge is 0.306 e. The van der Waals surface area contributed by atoms with Gasteiger partial charge < -0.3 is 14.2 Å². The van der Waals surface area contributed by atoms with Gasteiger partial charge in [0.05, 0.1) is 0 Å². The van der Waals surface area contributed by atoms with Crippen LogP contribution in [-0.2, 0) is 28.6 Å². The van der Waals surface area contributed by atoms with E-state index in [2.05, 4.69) is 34.6 Å². The molecule has 0 aromatic heterocycles. The summed E-state index contributed by atoms with van der Waals surface area (Å²) in [4.78, 5) is 37.3. The molecule has 0 aliphatic carbocycles. The van der Waals surface area contributed by atoms with Crippen LogP contribution in [0.4, 0.5) is 0 Å². The average molecular weight is 681 g/mol. The summed E-state index contributed by atoms with van der Waals surface area (Å²) in [5.41, 5.74) is 0. The molecule has 284 valence electrons. The molecule has 0 amide bonds. The molecule has 0 aliphatic rings. The molecule has 6 heteroatoms. The highest BCUT2D eigenvalue weighted by molar-refractivity contribution is 5.71. The first-order valence-corrected chi connectivity index (χ1v) is 20.7. The van der Waals surface area contributed by atoms with E-state index in [1.807, 2.05) is 0 Å². The molecule has 0 heterocycles. The van der Waals surface area contributed by atoms with E-state index >= 15 is 0 Å². The largest absolute Gasteiger partial charge is 0.462 e.